The highest BCUT2D eigenvalue weighted by Gasteiger charge is 2.39. The van der Waals surface area contributed by atoms with E-state index in [2.05, 4.69) is 5.32 Å². The van der Waals surface area contributed by atoms with Gasteiger partial charge in [0.25, 0.3) is 0 Å². The molecule has 2 aromatic rings. The van der Waals surface area contributed by atoms with Gasteiger partial charge in [-0.15, -0.1) is 0 Å². The number of halogens is 1. The zero-order valence-electron chi connectivity index (χ0n) is 14.8. The zero-order valence-corrected chi connectivity index (χ0v) is 14.8. The van der Waals surface area contributed by atoms with Crippen LogP contribution in [0.4, 0.5) is 4.39 Å². The zero-order chi connectivity index (χ0) is 17.9. The highest BCUT2D eigenvalue weighted by molar-refractivity contribution is 5.85. The molecule has 0 radical (unpaired) electrons. The third kappa shape index (κ3) is 3.70. The van der Waals surface area contributed by atoms with Crippen LogP contribution in [-0.4, -0.2) is 43.9 Å². The minimum absolute atomic E-state index is 0.0314. The maximum atomic E-state index is 13.4. The van der Waals surface area contributed by atoms with Crippen LogP contribution in [0.15, 0.2) is 24.4 Å². The predicted octanol–water partition coefficient (Wildman–Crippen LogP) is 2.42. The first-order valence-corrected chi connectivity index (χ1v) is 8.64. The Kier molecular flexibility index (Phi) is 5.39. The summed E-state index contributed by atoms with van der Waals surface area (Å²) < 4.78 is 26.0. The number of amides is 1. The fourth-order valence-electron chi connectivity index (χ4n) is 3.61. The Balaban J connectivity index is 1.65. The lowest BCUT2D eigenvalue weighted by Gasteiger charge is -2.35. The van der Waals surface area contributed by atoms with Gasteiger partial charge in [0, 0.05) is 45.5 Å². The lowest BCUT2D eigenvalue weighted by Crippen LogP contribution is -2.47. The highest BCUT2D eigenvalue weighted by Crippen LogP contribution is 2.31. The number of carbonyl (C=O) groups excluding carboxylic acids is 1. The standard InChI is InChI=1S/C19H25FN2O3/c1-22-12-14(16-4-3-15(20)11-17(16)22)5-8-21-18(23)19(13-24-2)6-9-25-10-7-19/h3-4,11-12H,5-10,13H2,1-2H3,(H,21,23). The van der Waals surface area contributed by atoms with Gasteiger partial charge in [-0.1, -0.05) is 0 Å². The lowest BCUT2D eigenvalue weighted by molar-refractivity contribution is -0.141. The SMILES string of the molecule is COCC1(C(=O)NCCc2cn(C)c3cc(F)ccc23)CCOCC1. The van der Waals surface area contributed by atoms with Crippen molar-refractivity contribution in [1.29, 1.82) is 0 Å². The van der Waals surface area contributed by atoms with Crippen molar-refractivity contribution < 1.29 is 18.7 Å². The second-order valence-corrected chi connectivity index (χ2v) is 6.76. The summed E-state index contributed by atoms with van der Waals surface area (Å²) in [6.45, 7) is 2.13. The van der Waals surface area contributed by atoms with Gasteiger partial charge in [0.15, 0.2) is 0 Å². The summed E-state index contributed by atoms with van der Waals surface area (Å²) in [7, 11) is 3.53. The van der Waals surface area contributed by atoms with Crippen LogP contribution in [0.5, 0.6) is 0 Å². The Morgan fingerprint density at radius 3 is 2.88 bits per heavy atom. The van der Waals surface area contributed by atoms with E-state index in [-0.39, 0.29) is 11.7 Å². The topological polar surface area (TPSA) is 52.5 Å². The van der Waals surface area contributed by atoms with Gasteiger partial charge < -0.3 is 19.4 Å². The van der Waals surface area contributed by atoms with Crippen molar-refractivity contribution in [3.05, 3.63) is 35.8 Å². The number of aryl methyl sites for hydroxylation is 1. The number of ether oxygens (including phenoxy) is 2. The maximum absolute atomic E-state index is 13.4. The summed E-state index contributed by atoms with van der Waals surface area (Å²) in [5.41, 5.74) is 1.47. The van der Waals surface area contributed by atoms with Crippen LogP contribution in [0.1, 0.15) is 18.4 Å². The molecule has 1 N–H and O–H groups in total. The molecule has 1 saturated heterocycles. The first-order chi connectivity index (χ1) is 12.1. The van der Waals surface area contributed by atoms with E-state index >= 15 is 0 Å². The summed E-state index contributed by atoms with van der Waals surface area (Å²) in [6, 6.07) is 4.81. The van der Waals surface area contributed by atoms with Gasteiger partial charge in [-0.25, -0.2) is 4.39 Å². The van der Waals surface area contributed by atoms with E-state index < -0.39 is 5.41 Å². The molecule has 0 saturated carbocycles. The number of hydrogen-bond acceptors (Lipinski definition) is 3. The molecule has 1 aromatic carbocycles. The van der Waals surface area contributed by atoms with E-state index in [0.717, 1.165) is 16.5 Å². The summed E-state index contributed by atoms with van der Waals surface area (Å²) in [4.78, 5) is 12.7. The molecule has 1 fully saturated rings. The molecule has 1 aliphatic heterocycles. The first kappa shape index (κ1) is 17.9. The van der Waals surface area contributed by atoms with Gasteiger partial charge in [-0.2, -0.15) is 0 Å². The molecule has 2 heterocycles. The molecule has 0 spiro atoms. The van der Waals surface area contributed by atoms with Crippen molar-refractivity contribution in [1.82, 2.24) is 9.88 Å². The van der Waals surface area contributed by atoms with Gasteiger partial charge in [0.05, 0.1) is 17.5 Å². The molecule has 1 aromatic heterocycles. The number of rotatable bonds is 6. The number of nitrogens with one attached hydrogen (secondary N) is 1. The molecular weight excluding hydrogens is 323 g/mol. The van der Waals surface area contributed by atoms with Crippen molar-refractivity contribution >= 4 is 16.8 Å². The Morgan fingerprint density at radius 2 is 2.16 bits per heavy atom. The van der Waals surface area contributed by atoms with Crippen LogP contribution in [0.3, 0.4) is 0 Å². The fraction of sp³-hybridized carbons (Fsp3) is 0.526. The van der Waals surface area contributed by atoms with Crippen molar-refractivity contribution in [2.45, 2.75) is 19.3 Å². The summed E-state index contributed by atoms with van der Waals surface area (Å²) in [5, 5.41) is 4.08. The minimum atomic E-state index is -0.491. The van der Waals surface area contributed by atoms with E-state index in [1.165, 1.54) is 12.1 Å². The van der Waals surface area contributed by atoms with E-state index in [9.17, 15) is 9.18 Å². The van der Waals surface area contributed by atoms with Gasteiger partial charge in [-0.05, 0) is 43.0 Å². The van der Waals surface area contributed by atoms with Crippen LogP contribution in [0.25, 0.3) is 10.9 Å². The lowest BCUT2D eigenvalue weighted by atomic mass is 9.80. The van der Waals surface area contributed by atoms with Crippen LogP contribution < -0.4 is 5.32 Å². The third-order valence-electron chi connectivity index (χ3n) is 5.07. The van der Waals surface area contributed by atoms with Crippen molar-refractivity contribution in [2.75, 3.05) is 33.5 Å². The maximum Gasteiger partial charge on any atom is 0.228 e. The van der Waals surface area contributed by atoms with Gasteiger partial charge in [-0.3, -0.25) is 4.79 Å². The van der Waals surface area contributed by atoms with Crippen molar-refractivity contribution in [3.8, 4) is 0 Å². The Bertz CT molecular complexity index is 745. The molecule has 0 unspecified atom stereocenters. The Labute approximate surface area is 147 Å². The monoisotopic (exact) mass is 348 g/mol. The molecule has 136 valence electrons. The number of aromatic nitrogens is 1. The Hall–Kier alpha value is -1.92. The Morgan fingerprint density at radius 1 is 1.40 bits per heavy atom. The van der Waals surface area contributed by atoms with Gasteiger partial charge in [0.2, 0.25) is 5.91 Å². The largest absolute Gasteiger partial charge is 0.384 e. The molecule has 0 atom stereocenters. The van der Waals surface area contributed by atoms with Crippen LogP contribution in [0, 0.1) is 11.2 Å². The van der Waals surface area contributed by atoms with E-state index in [4.69, 9.17) is 9.47 Å². The quantitative estimate of drug-likeness (QED) is 0.872. The summed E-state index contributed by atoms with van der Waals surface area (Å²) >= 11 is 0. The van der Waals surface area contributed by atoms with E-state index in [1.807, 2.05) is 17.8 Å². The number of nitrogens with zero attached hydrogens (tertiary/aromatic N) is 1. The fourth-order valence-corrected chi connectivity index (χ4v) is 3.61. The van der Waals surface area contributed by atoms with Crippen LogP contribution in [0.2, 0.25) is 0 Å². The molecule has 0 bridgehead atoms. The van der Waals surface area contributed by atoms with Gasteiger partial charge in [0.1, 0.15) is 5.82 Å². The average Bonchev–Trinajstić information content (AvgIpc) is 2.91. The predicted molar refractivity (Wildman–Crippen MR) is 94.0 cm³/mol. The molecule has 5 nitrogen and oxygen atoms in total. The highest BCUT2D eigenvalue weighted by atomic mass is 19.1. The molecule has 25 heavy (non-hydrogen) atoms. The van der Waals surface area contributed by atoms with E-state index in [0.29, 0.717) is 45.6 Å². The number of fused-ring (bicyclic) bond motifs is 1. The molecule has 0 aliphatic carbocycles. The third-order valence-corrected chi connectivity index (χ3v) is 5.07. The van der Waals surface area contributed by atoms with E-state index in [1.54, 1.807) is 13.2 Å². The van der Waals surface area contributed by atoms with Crippen molar-refractivity contribution in [3.63, 3.8) is 0 Å². The second kappa shape index (κ2) is 7.54. The normalized spacial score (nSPS) is 16.9. The summed E-state index contributed by atoms with van der Waals surface area (Å²) in [5.74, 6) is -0.210. The number of carbonyl (C=O) groups is 1. The van der Waals surface area contributed by atoms with Crippen LogP contribution >= 0.6 is 0 Å². The molecule has 1 amide bonds. The first-order valence-electron chi connectivity index (χ1n) is 8.64. The number of benzene rings is 1. The van der Waals surface area contributed by atoms with Crippen LogP contribution in [-0.2, 0) is 27.7 Å². The van der Waals surface area contributed by atoms with Gasteiger partial charge >= 0.3 is 0 Å². The minimum Gasteiger partial charge on any atom is -0.384 e. The van der Waals surface area contributed by atoms with Crippen molar-refractivity contribution in [2.24, 2.45) is 12.5 Å². The second-order valence-electron chi connectivity index (χ2n) is 6.76. The molecular formula is C19H25FN2O3. The number of hydrogen-bond donors (Lipinski definition) is 1. The molecule has 1 aliphatic rings. The average molecular weight is 348 g/mol. The molecule has 6 heteroatoms. The number of methoxy groups -OCH3 is 1. The summed E-state index contributed by atoms with van der Waals surface area (Å²) in [6.07, 6.45) is 4.06. The molecule has 3 rings (SSSR count). The smallest absolute Gasteiger partial charge is 0.228 e.